The van der Waals surface area contributed by atoms with Gasteiger partial charge in [-0.2, -0.15) is 4.31 Å². The van der Waals surface area contributed by atoms with E-state index in [1.807, 2.05) is 0 Å². The first kappa shape index (κ1) is 14.3. The van der Waals surface area contributed by atoms with E-state index in [1.165, 1.54) is 25.7 Å². The molecule has 1 saturated carbocycles. The third-order valence-electron chi connectivity index (χ3n) is 4.76. The second kappa shape index (κ2) is 5.88. The van der Waals surface area contributed by atoms with E-state index in [2.05, 4.69) is 6.92 Å². The molecule has 2 rings (SSSR count). The van der Waals surface area contributed by atoms with Gasteiger partial charge in [0, 0.05) is 5.92 Å². The molecule has 1 N–H and O–H groups in total. The average molecular weight is 275 g/mol. The summed E-state index contributed by atoms with van der Waals surface area (Å²) in [7, 11) is -2.97. The van der Waals surface area contributed by atoms with Crippen LogP contribution in [0.3, 0.4) is 0 Å². The van der Waals surface area contributed by atoms with Gasteiger partial charge in [-0.15, -0.1) is 0 Å². The minimum Gasteiger partial charge on any atom is -0.330 e. The number of quaternary nitrogens is 1. The molecule has 4 nitrogen and oxygen atoms in total. The van der Waals surface area contributed by atoms with Crippen LogP contribution in [0.1, 0.15) is 39.5 Å². The molecule has 0 unspecified atom stereocenters. The SMILES string of the molecule is CCS(=O)(=O)N1CC[NH+]([C@@H]2CCCC[C@@H]2C)CC1. The van der Waals surface area contributed by atoms with Gasteiger partial charge in [0.05, 0.1) is 38.0 Å². The number of hydrogen-bond donors (Lipinski definition) is 1. The zero-order valence-electron chi connectivity index (χ0n) is 11.7. The Hall–Kier alpha value is -0.130. The van der Waals surface area contributed by atoms with Crippen molar-refractivity contribution < 1.29 is 13.3 Å². The number of hydrogen-bond acceptors (Lipinski definition) is 2. The second-order valence-corrected chi connectivity index (χ2v) is 8.08. The summed E-state index contributed by atoms with van der Waals surface area (Å²) < 4.78 is 25.3. The Morgan fingerprint density at radius 2 is 1.78 bits per heavy atom. The van der Waals surface area contributed by atoms with Crippen molar-refractivity contribution in [3.8, 4) is 0 Å². The topological polar surface area (TPSA) is 41.8 Å². The molecular formula is C13H27N2O2S+. The van der Waals surface area contributed by atoms with Crippen LogP contribution < -0.4 is 4.90 Å². The standard InChI is InChI=1S/C13H26N2O2S/c1-3-18(16,17)15-10-8-14(9-11-15)13-7-5-4-6-12(13)2/h12-13H,3-11H2,1-2H3/p+1/t12-,13+/m0/s1. The summed E-state index contributed by atoms with van der Waals surface area (Å²) in [5.74, 6) is 1.05. The van der Waals surface area contributed by atoms with E-state index in [4.69, 9.17) is 0 Å². The molecule has 18 heavy (non-hydrogen) atoms. The molecule has 0 bridgehead atoms. The van der Waals surface area contributed by atoms with Gasteiger partial charge in [-0.25, -0.2) is 8.42 Å². The van der Waals surface area contributed by atoms with Crippen molar-refractivity contribution >= 4 is 10.0 Å². The lowest BCUT2D eigenvalue weighted by atomic mass is 9.84. The van der Waals surface area contributed by atoms with Crippen LogP contribution in [-0.4, -0.2) is 50.7 Å². The molecule has 1 aliphatic carbocycles. The molecule has 0 aromatic rings. The molecule has 5 heteroatoms. The van der Waals surface area contributed by atoms with Gasteiger partial charge in [0.2, 0.25) is 10.0 Å². The third-order valence-corrected chi connectivity index (χ3v) is 6.64. The summed E-state index contributed by atoms with van der Waals surface area (Å²) in [4.78, 5) is 1.64. The number of sulfonamides is 1. The number of nitrogens with one attached hydrogen (secondary N) is 1. The van der Waals surface area contributed by atoms with E-state index in [9.17, 15) is 8.42 Å². The Balaban J connectivity index is 1.90. The first-order chi connectivity index (χ1) is 8.54. The molecule has 1 saturated heterocycles. The molecule has 106 valence electrons. The molecule has 2 atom stereocenters. The van der Waals surface area contributed by atoms with E-state index in [0.29, 0.717) is 13.1 Å². The molecule has 0 spiro atoms. The van der Waals surface area contributed by atoms with Crippen molar-refractivity contribution in [3.63, 3.8) is 0 Å². The van der Waals surface area contributed by atoms with Crippen LogP contribution in [0.4, 0.5) is 0 Å². The molecule has 0 amide bonds. The number of nitrogens with zero attached hydrogens (tertiary/aromatic N) is 1. The summed E-state index contributed by atoms with van der Waals surface area (Å²) in [5.41, 5.74) is 0. The van der Waals surface area contributed by atoms with E-state index in [-0.39, 0.29) is 5.75 Å². The number of rotatable bonds is 3. The lowest BCUT2D eigenvalue weighted by Crippen LogP contribution is -3.19. The predicted octanol–water partition coefficient (Wildman–Crippen LogP) is 0.115. The summed E-state index contributed by atoms with van der Waals surface area (Å²) >= 11 is 0. The third kappa shape index (κ3) is 3.06. The quantitative estimate of drug-likeness (QED) is 0.795. The molecular weight excluding hydrogens is 248 g/mol. The monoisotopic (exact) mass is 275 g/mol. The van der Waals surface area contributed by atoms with Crippen LogP contribution in [0.5, 0.6) is 0 Å². The van der Waals surface area contributed by atoms with Crippen LogP contribution in [0.15, 0.2) is 0 Å². The summed E-state index contributed by atoms with van der Waals surface area (Å²) in [6, 6.07) is 0.769. The van der Waals surface area contributed by atoms with Gasteiger partial charge >= 0.3 is 0 Å². The van der Waals surface area contributed by atoms with Gasteiger partial charge in [-0.05, 0) is 26.2 Å². The Kier molecular flexibility index (Phi) is 4.67. The minimum atomic E-state index is -2.97. The van der Waals surface area contributed by atoms with Crippen molar-refractivity contribution in [2.24, 2.45) is 5.92 Å². The highest BCUT2D eigenvalue weighted by Crippen LogP contribution is 2.22. The molecule has 2 aliphatic rings. The van der Waals surface area contributed by atoms with Crippen LogP contribution in [0.2, 0.25) is 0 Å². The largest absolute Gasteiger partial charge is 0.330 e. The fourth-order valence-corrected chi connectivity index (χ4v) is 4.63. The number of piperazine rings is 1. The molecule has 1 heterocycles. The van der Waals surface area contributed by atoms with E-state index >= 15 is 0 Å². The van der Waals surface area contributed by atoms with Crippen molar-refractivity contribution in [3.05, 3.63) is 0 Å². The minimum absolute atomic E-state index is 0.238. The normalized spacial score (nSPS) is 32.6. The van der Waals surface area contributed by atoms with E-state index in [1.54, 1.807) is 16.1 Å². The van der Waals surface area contributed by atoms with Crippen molar-refractivity contribution in [2.45, 2.75) is 45.6 Å². The highest BCUT2D eigenvalue weighted by atomic mass is 32.2. The second-order valence-electron chi connectivity index (χ2n) is 5.83. The van der Waals surface area contributed by atoms with Gasteiger partial charge in [-0.1, -0.05) is 13.3 Å². The Morgan fingerprint density at radius 1 is 1.17 bits per heavy atom. The van der Waals surface area contributed by atoms with Gasteiger partial charge < -0.3 is 4.90 Å². The van der Waals surface area contributed by atoms with Crippen molar-refractivity contribution in [2.75, 3.05) is 31.9 Å². The molecule has 0 radical (unpaired) electrons. The Morgan fingerprint density at radius 3 is 2.33 bits per heavy atom. The van der Waals surface area contributed by atoms with E-state index in [0.717, 1.165) is 25.0 Å². The van der Waals surface area contributed by atoms with Crippen LogP contribution in [0, 0.1) is 5.92 Å². The fourth-order valence-electron chi connectivity index (χ4n) is 3.53. The van der Waals surface area contributed by atoms with Crippen LogP contribution in [-0.2, 0) is 10.0 Å². The Labute approximate surface area is 111 Å². The lowest BCUT2D eigenvalue weighted by Gasteiger charge is -2.40. The van der Waals surface area contributed by atoms with Crippen LogP contribution >= 0.6 is 0 Å². The first-order valence-corrected chi connectivity index (χ1v) is 8.98. The van der Waals surface area contributed by atoms with Crippen molar-refractivity contribution in [1.29, 1.82) is 0 Å². The highest BCUT2D eigenvalue weighted by Gasteiger charge is 2.35. The molecule has 1 aliphatic heterocycles. The zero-order valence-corrected chi connectivity index (χ0v) is 12.5. The Bertz CT molecular complexity index is 361. The van der Waals surface area contributed by atoms with Crippen LogP contribution in [0.25, 0.3) is 0 Å². The van der Waals surface area contributed by atoms with Gasteiger partial charge in [0.1, 0.15) is 0 Å². The maximum atomic E-state index is 11.8. The summed E-state index contributed by atoms with van der Waals surface area (Å²) in [6.07, 6.45) is 5.42. The van der Waals surface area contributed by atoms with E-state index < -0.39 is 10.0 Å². The van der Waals surface area contributed by atoms with Gasteiger partial charge in [0.25, 0.3) is 0 Å². The maximum absolute atomic E-state index is 11.8. The maximum Gasteiger partial charge on any atom is 0.214 e. The average Bonchev–Trinajstić information content (AvgIpc) is 2.39. The molecule has 0 aromatic heterocycles. The van der Waals surface area contributed by atoms with Gasteiger partial charge in [0.15, 0.2) is 0 Å². The smallest absolute Gasteiger partial charge is 0.214 e. The van der Waals surface area contributed by atoms with Crippen molar-refractivity contribution in [1.82, 2.24) is 4.31 Å². The zero-order chi connectivity index (χ0) is 13.2. The lowest BCUT2D eigenvalue weighted by molar-refractivity contribution is -0.933. The molecule has 2 fully saturated rings. The summed E-state index contributed by atoms with van der Waals surface area (Å²) in [5, 5.41) is 0. The molecule has 0 aromatic carbocycles. The van der Waals surface area contributed by atoms with Gasteiger partial charge in [-0.3, -0.25) is 0 Å². The first-order valence-electron chi connectivity index (χ1n) is 7.37. The highest BCUT2D eigenvalue weighted by molar-refractivity contribution is 7.89. The predicted molar refractivity (Wildman–Crippen MR) is 73.2 cm³/mol. The fraction of sp³-hybridized carbons (Fsp3) is 1.00. The summed E-state index contributed by atoms with van der Waals surface area (Å²) in [6.45, 7) is 7.52.